The minimum atomic E-state index is -0.258. The summed E-state index contributed by atoms with van der Waals surface area (Å²) in [5.41, 5.74) is 0.537. The van der Waals surface area contributed by atoms with Crippen molar-refractivity contribution >= 4 is 5.65 Å². The summed E-state index contributed by atoms with van der Waals surface area (Å²) in [4.78, 5) is 2.42. The highest BCUT2D eigenvalue weighted by molar-refractivity contribution is 5.39. The highest BCUT2D eigenvalue weighted by Crippen LogP contribution is 2.38. The Morgan fingerprint density at radius 1 is 1.32 bits per heavy atom. The molecule has 3 rings (SSSR count). The van der Waals surface area contributed by atoms with Crippen molar-refractivity contribution in [3.63, 3.8) is 0 Å². The second-order valence-electron chi connectivity index (χ2n) is 5.76. The standard InChI is InChI=1S/C14H19FN4/c1-10(2)19-8-4-7-14(19,3)13-17-16-12-6-5-11(15)9-18(12)13/h5-6,9-10H,4,7-8H2,1-3H3. The fourth-order valence-corrected chi connectivity index (χ4v) is 3.28. The lowest BCUT2D eigenvalue weighted by Crippen LogP contribution is -2.44. The molecule has 1 unspecified atom stereocenters. The van der Waals surface area contributed by atoms with Crippen molar-refractivity contribution in [2.45, 2.75) is 45.2 Å². The summed E-state index contributed by atoms with van der Waals surface area (Å²) in [6.45, 7) is 7.61. The molecule has 102 valence electrons. The molecule has 0 radical (unpaired) electrons. The number of hydrogen-bond acceptors (Lipinski definition) is 3. The maximum Gasteiger partial charge on any atom is 0.161 e. The van der Waals surface area contributed by atoms with Crippen LogP contribution < -0.4 is 0 Å². The Labute approximate surface area is 112 Å². The van der Waals surface area contributed by atoms with E-state index in [1.165, 1.54) is 12.3 Å². The van der Waals surface area contributed by atoms with Gasteiger partial charge in [0.05, 0.1) is 5.54 Å². The van der Waals surface area contributed by atoms with Gasteiger partial charge in [0.25, 0.3) is 0 Å². The van der Waals surface area contributed by atoms with Crippen molar-refractivity contribution in [3.05, 3.63) is 30.0 Å². The monoisotopic (exact) mass is 262 g/mol. The Bertz CT molecular complexity index is 607. The first kappa shape index (κ1) is 12.5. The van der Waals surface area contributed by atoms with Gasteiger partial charge in [-0.05, 0) is 52.3 Å². The summed E-state index contributed by atoms with van der Waals surface area (Å²) in [7, 11) is 0. The largest absolute Gasteiger partial charge is 0.289 e. The summed E-state index contributed by atoms with van der Waals surface area (Å²) in [5.74, 6) is 0.583. The fourth-order valence-electron chi connectivity index (χ4n) is 3.28. The van der Waals surface area contributed by atoms with Crippen LogP contribution in [0.3, 0.4) is 0 Å². The van der Waals surface area contributed by atoms with Gasteiger partial charge in [-0.1, -0.05) is 0 Å². The Morgan fingerprint density at radius 3 is 2.84 bits per heavy atom. The van der Waals surface area contributed by atoms with Gasteiger partial charge in [0.1, 0.15) is 5.82 Å². The zero-order valence-electron chi connectivity index (χ0n) is 11.6. The van der Waals surface area contributed by atoms with Crippen LogP contribution in [0.5, 0.6) is 0 Å². The van der Waals surface area contributed by atoms with Crippen LogP contribution >= 0.6 is 0 Å². The second-order valence-corrected chi connectivity index (χ2v) is 5.76. The Hall–Kier alpha value is -1.49. The summed E-state index contributed by atoms with van der Waals surface area (Å²) in [5, 5.41) is 8.49. The number of halogens is 1. The molecule has 0 bridgehead atoms. The molecule has 1 aliphatic rings. The second kappa shape index (κ2) is 4.27. The zero-order valence-corrected chi connectivity index (χ0v) is 11.6. The van der Waals surface area contributed by atoms with E-state index in [9.17, 15) is 4.39 Å². The third-order valence-corrected chi connectivity index (χ3v) is 4.17. The molecule has 1 aliphatic heterocycles. The Morgan fingerprint density at radius 2 is 2.11 bits per heavy atom. The van der Waals surface area contributed by atoms with E-state index in [0.717, 1.165) is 25.2 Å². The third kappa shape index (κ3) is 1.84. The Balaban J connectivity index is 2.15. The van der Waals surface area contributed by atoms with E-state index in [1.807, 2.05) is 0 Å². The summed E-state index contributed by atoms with van der Waals surface area (Å²) >= 11 is 0. The highest BCUT2D eigenvalue weighted by Gasteiger charge is 2.42. The van der Waals surface area contributed by atoms with Crippen LogP contribution in [0.4, 0.5) is 4.39 Å². The molecular weight excluding hydrogens is 243 g/mol. The molecule has 1 fully saturated rings. The molecule has 3 heterocycles. The highest BCUT2D eigenvalue weighted by atomic mass is 19.1. The average Bonchev–Trinajstić information content (AvgIpc) is 2.92. The number of pyridine rings is 1. The van der Waals surface area contributed by atoms with E-state index in [-0.39, 0.29) is 11.4 Å². The lowest BCUT2D eigenvalue weighted by molar-refractivity contribution is 0.108. The lowest BCUT2D eigenvalue weighted by atomic mass is 9.96. The molecule has 19 heavy (non-hydrogen) atoms. The van der Waals surface area contributed by atoms with Crippen LogP contribution in [-0.2, 0) is 5.54 Å². The molecule has 2 aromatic rings. The molecule has 0 aliphatic carbocycles. The van der Waals surface area contributed by atoms with Gasteiger partial charge in [0.2, 0.25) is 0 Å². The minimum absolute atomic E-state index is 0.165. The fraction of sp³-hybridized carbons (Fsp3) is 0.571. The molecule has 0 saturated carbocycles. The number of likely N-dealkylation sites (tertiary alicyclic amines) is 1. The first-order chi connectivity index (χ1) is 9.02. The van der Waals surface area contributed by atoms with Crippen molar-refractivity contribution in [2.75, 3.05) is 6.54 Å². The van der Waals surface area contributed by atoms with E-state index >= 15 is 0 Å². The van der Waals surface area contributed by atoms with Gasteiger partial charge in [0.15, 0.2) is 11.5 Å². The van der Waals surface area contributed by atoms with Crippen molar-refractivity contribution in [1.29, 1.82) is 0 Å². The molecule has 0 amide bonds. The molecule has 4 nitrogen and oxygen atoms in total. The maximum absolute atomic E-state index is 13.5. The van der Waals surface area contributed by atoms with E-state index < -0.39 is 0 Å². The molecule has 5 heteroatoms. The van der Waals surface area contributed by atoms with Gasteiger partial charge in [-0.2, -0.15) is 0 Å². The SMILES string of the molecule is CC(C)N1CCCC1(C)c1nnc2ccc(F)cn12. The predicted molar refractivity (Wildman–Crippen MR) is 71.4 cm³/mol. The van der Waals surface area contributed by atoms with Gasteiger partial charge >= 0.3 is 0 Å². The van der Waals surface area contributed by atoms with Crippen molar-refractivity contribution in [2.24, 2.45) is 0 Å². The molecule has 0 spiro atoms. The topological polar surface area (TPSA) is 33.4 Å². The zero-order chi connectivity index (χ0) is 13.6. The van der Waals surface area contributed by atoms with Crippen molar-refractivity contribution in [1.82, 2.24) is 19.5 Å². The van der Waals surface area contributed by atoms with Gasteiger partial charge in [-0.15, -0.1) is 10.2 Å². The van der Waals surface area contributed by atoms with Crippen LogP contribution in [0.2, 0.25) is 0 Å². The summed E-state index contributed by atoms with van der Waals surface area (Å²) in [6, 6.07) is 3.53. The van der Waals surface area contributed by atoms with Gasteiger partial charge in [-0.3, -0.25) is 9.30 Å². The number of aromatic nitrogens is 3. The molecular formula is C14H19FN4. The quantitative estimate of drug-likeness (QED) is 0.834. The van der Waals surface area contributed by atoms with Gasteiger partial charge in [-0.25, -0.2) is 4.39 Å². The van der Waals surface area contributed by atoms with Gasteiger partial charge < -0.3 is 0 Å². The van der Waals surface area contributed by atoms with Crippen LogP contribution in [0, 0.1) is 5.82 Å². The lowest BCUT2D eigenvalue weighted by Gasteiger charge is -2.36. The third-order valence-electron chi connectivity index (χ3n) is 4.17. The van der Waals surface area contributed by atoms with Crippen molar-refractivity contribution < 1.29 is 4.39 Å². The Kier molecular flexibility index (Phi) is 2.82. The molecule has 0 aromatic carbocycles. The molecule has 0 N–H and O–H groups in total. The molecule has 1 saturated heterocycles. The first-order valence-electron chi connectivity index (χ1n) is 6.80. The molecule has 1 atom stereocenters. The van der Waals surface area contributed by atoms with E-state index in [2.05, 4.69) is 35.9 Å². The summed E-state index contributed by atoms with van der Waals surface area (Å²) < 4.78 is 15.3. The molecule has 2 aromatic heterocycles. The normalized spacial score (nSPS) is 24.7. The number of fused-ring (bicyclic) bond motifs is 1. The predicted octanol–water partition coefficient (Wildman–Crippen LogP) is 2.59. The summed E-state index contributed by atoms with van der Waals surface area (Å²) in [6.07, 6.45) is 3.65. The smallest absolute Gasteiger partial charge is 0.161 e. The minimum Gasteiger partial charge on any atom is -0.289 e. The number of nitrogens with zero attached hydrogens (tertiary/aromatic N) is 4. The van der Waals surface area contributed by atoms with Crippen LogP contribution in [-0.4, -0.2) is 32.1 Å². The van der Waals surface area contributed by atoms with Crippen LogP contribution in [0.15, 0.2) is 18.3 Å². The van der Waals surface area contributed by atoms with Crippen LogP contribution in [0.25, 0.3) is 5.65 Å². The van der Waals surface area contributed by atoms with Crippen LogP contribution in [0.1, 0.15) is 39.4 Å². The van der Waals surface area contributed by atoms with E-state index in [4.69, 9.17) is 0 Å². The maximum atomic E-state index is 13.5. The first-order valence-corrected chi connectivity index (χ1v) is 6.80. The number of hydrogen-bond donors (Lipinski definition) is 0. The van der Waals surface area contributed by atoms with E-state index in [0.29, 0.717) is 11.7 Å². The average molecular weight is 262 g/mol. The van der Waals surface area contributed by atoms with Gasteiger partial charge in [0, 0.05) is 12.2 Å². The number of rotatable bonds is 2. The van der Waals surface area contributed by atoms with Crippen molar-refractivity contribution in [3.8, 4) is 0 Å². The van der Waals surface area contributed by atoms with E-state index in [1.54, 1.807) is 10.5 Å².